The maximum absolute atomic E-state index is 13.7. The predicted octanol–water partition coefficient (Wildman–Crippen LogP) is 2.91. The third-order valence-electron chi connectivity index (χ3n) is 3.32. The van der Waals surface area contributed by atoms with Gasteiger partial charge in [-0.1, -0.05) is 23.8 Å². The van der Waals surface area contributed by atoms with Crippen LogP contribution >= 0.6 is 0 Å². The summed E-state index contributed by atoms with van der Waals surface area (Å²) in [6.07, 6.45) is 2.25. The van der Waals surface area contributed by atoms with E-state index < -0.39 is 0 Å². The van der Waals surface area contributed by atoms with Gasteiger partial charge in [-0.25, -0.2) is 4.39 Å². The highest BCUT2D eigenvalue weighted by Crippen LogP contribution is 2.19. The molecular weight excluding hydrogens is 227 g/mol. The maximum atomic E-state index is 13.7. The van der Waals surface area contributed by atoms with E-state index in [0.29, 0.717) is 0 Å². The SMILES string of the molecule is CC(C)=CCN1CCN(c2ccccc2F)CC1. The van der Waals surface area contributed by atoms with Gasteiger partial charge in [0.05, 0.1) is 5.69 Å². The van der Waals surface area contributed by atoms with Gasteiger partial charge < -0.3 is 4.90 Å². The van der Waals surface area contributed by atoms with Crippen LogP contribution in [0.3, 0.4) is 0 Å². The number of piperazine rings is 1. The Morgan fingerprint density at radius 2 is 1.83 bits per heavy atom. The van der Waals surface area contributed by atoms with E-state index in [0.717, 1.165) is 38.4 Å². The first-order chi connectivity index (χ1) is 8.66. The molecule has 1 aromatic carbocycles. The summed E-state index contributed by atoms with van der Waals surface area (Å²) in [6.45, 7) is 9.05. The number of para-hydroxylation sites is 1. The van der Waals surface area contributed by atoms with Gasteiger partial charge in [-0.2, -0.15) is 0 Å². The number of halogens is 1. The normalized spacial score (nSPS) is 16.7. The molecule has 2 nitrogen and oxygen atoms in total. The molecule has 0 atom stereocenters. The van der Waals surface area contributed by atoms with E-state index in [9.17, 15) is 4.39 Å². The lowest BCUT2D eigenvalue weighted by molar-refractivity contribution is 0.282. The lowest BCUT2D eigenvalue weighted by Crippen LogP contribution is -2.46. The quantitative estimate of drug-likeness (QED) is 0.759. The van der Waals surface area contributed by atoms with Gasteiger partial charge in [-0.3, -0.25) is 4.90 Å². The lowest BCUT2D eigenvalue weighted by atomic mass is 10.2. The third-order valence-corrected chi connectivity index (χ3v) is 3.32. The Hall–Kier alpha value is -1.35. The summed E-state index contributed by atoms with van der Waals surface area (Å²) in [6, 6.07) is 7.03. The number of benzene rings is 1. The van der Waals surface area contributed by atoms with Crippen molar-refractivity contribution < 1.29 is 4.39 Å². The van der Waals surface area contributed by atoms with Crippen molar-refractivity contribution in [2.45, 2.75) is 13.8 Å². The molecule has 98 valence electrons. The molecule has 1 aromatic rings. The Kier molecular flexibility index (Phi) is 4.37. The van der Waals surface area contributed by atoms with Gasteiger partial charge >= 0.3 is 0 Å². The van der Waals surface area contributed by atoms with Crippen molar-refractivity contribution in [3.05, 3.63) is 41.7 Å². The molecule has 18 heavy (non-hydrogen) atoms. The topological polar surface area (TPSA) is 6.48 Å². The second kappa shape index (κ2) is 6.01. The summed E-state index contributed by atoms with van der Waals surface area (Å²) < 4.78 is 13.7. The fraction of sp³-hybridized carbons (Fsp3) is 0.467. The molecule has 1 aliphatic heterocycles. The van der Waals surface area contributed by atoms with E-state index in [1.54, 1.807) is 6.07 Å². The number of nitrogens with zero attached hydrogens (tertiary/aromatic N) is 2. The number of allylic oxidation sites excluding steroid dienone is 1. The molecule has 0 aromatic heterocycles. The highest BCUT2D eigenvalue weighted by molar-refractivity contribution is 5.47. The van der Waals surface area contributed by atoms with Crippen molar-refractivity contribution in [2.24, 2.45) is 0 Å². The van der Waals surface area contributed by atoms with Gasteiger partial charge in [0.25, 0.3) is 0 Å². The molecule has 0 spiro atoms. The minimum atomic E-state index is -0.116. The summed E-state index contributed by atoms with van der Waals surface area (Å²) in [5.74, 6) is -0.116. The molecule has 0 amide bonds. The molecule has 2 rings (SSSR count). The largest absolute Gasteiger partial charge is 0.367 e. The first kappa shape index (κ1) is 13.1. The molecule has 0 bridgehead atoms. The monoisotopic (exact) mass is 248 g/mol. The van der Waals surface area contributed by atoms with E-state index in [4.69, 9.17) is 0 Å². The van der Waals surface area contributed by atoms with Gasteiger partial charge in [-0.05, 0) is 26.0 Å². The Bertz CT molecular complexity index is 416. The number of hydrogen-bond acceptors (Lipinski definition) is 2. The maximum Gasteiger partial charge on any atom is 0.146 e. The van der Waals surface area contributed by atoms with Crippen LogP contribution < -0.4 is 4.90 Å². The molecule has 0 aliphatic carbocycles. The molecule has 1 aliphatic rings. The molecular formula is C15H21FN2. The minimum absolute atomic E-state index is 0.116. The smallest absolute Gasteiger partial charge is 0.146 e. The number of rotatable bonds is 3. The van der Waals surface area contributed by atoms with Crippen LogP contribution in [0.15, 0.2) is 35.9 Å². The zero-order valence-electron chi connectivity index (χ0n) is 11.2. The van der Waals surface area contributed by atoms with Crippen LogP contribution in [0.1, 0.15) is 13.8 Å². The van der Waals surface area contributed by atoms with Gasteiger partial charge in [0.2, 0.25) is 0 Å². The average Bonchev–Trinajstić information content (AvgIpc) is 2.38. The van der Waals surface area contributed by atoms with Crippen LogP contribution in [0.5, 0.6) is 0 Å². The van der Waals surface area contributed by atoms with Crippen molar-refractivity contribution in [1.29, 1.82) is 0 Å². The third kappa shape index (κ3) is 3.33. The lowest BCUT2D eigenvalue weighted by Gasteiger charge is -2.35. The van der Waals surface area contributed by atoms with Crippen molar-refractivity contribution in [3.63, 3.8) is 0 Å². The van der Waals surface area contributed by atoms with Crippen molar-refractivity contribution in [3.8, 4) is 0 Å². The molecule has 0 N–H and O–H groups in total. The fourth-order valence-corrected chi connectivity index (χ4v) is 2.19. The van der Waals surface area contributed by atoms with Gasteiger partial charge in [0.1, 0.15) is 5.82 Å². The molecule has 0 saturated carbocycles. The summed E-state index contributed by atoms with van der Waals surface area (Å²) >= 11 is 0. The van der Waals surface area contributed by atoms with Crippen LogP contribution in [0.25, 0.3) is 0 Å². The van der Waals surface area contributed by atoms with Gasteiger partial charge in [0.15, 0.2) is 0 Å². The second-order valence-corrected chi connectivity index (χ2v) is 5.02. The predicted molar refractivity (Wildman–Crippen MR) is 74.5 cm³/mol. The van der Waals surface area contributed by atoms with Gasteiger partial charge in [0, 0.05) is 32.7 Å². The molecule has 1 saturated heterocycles. The van der Waals surface area contributed by atoms with E-state index >= 15 is 0 Å². The molecule has 0 radical (unpaired) electrons. The Labute approximate surface area is 109 Å². The van der Waals surface area contributed by atoms with Crippen LogP contribution in [-0.2, 0) is 0 Å². The van der Waals surface area contributed by atoms with Crippen LogP contribution in [0.2, 0.25) is 0 Å². The summed E-state index contributed by atoms with van der Waals surface area (Å²) in [5.41, 5.74) is 2.09. The molecule has 0 unspecified atom stereocenters. The summed E-state index contributed by atoms with van der Waals surface area (Å²) in [4.78, 5) is 4.54. The summed E-state index contributed by atoms with van der Waals surface area (Å²) in [7, 11) is 0. The van der Waals surface area contributed by atoms with Crippen LogP contribution in [-0.4, -0.2) is 37.6 Å². The molecule has 1 fully saturated rings. The standard InChI is InChI=1S/C15H21FN2/c1-13(2)7-8-17-9-11-18(12-10-17)15-6-4-3-5-14(15)16/h3-7H,8-12H2,1-2H3. The summed E-state index contributed by atoms with van der Waals surface area (Å²) in [5, 5.41) is 0. The van der Waals surface area contributed by atoms with Crippen LogP contribution in [0.4, 0.5) is 10.1 Å². The van der Waals surface area contributed by atoms with E-state index in [-0.39, 0.29) is 5.82 Å². The highest BCUT2D eigenvalue weighted by atomic mass is 19.1. The van der Waals surface area contributed by atoms with E-state index in [1.807, 2.05) is 12.1 Å². The van der Waals surface area contributed by atoms with Crippen LogP contribution in [0, 0.1) is 5.82 Å². The van der Waals surface area contributed by atoms with Crippen molar-refractivity contribution in [2.75, 3.05) is 37.6 Å². The van der Waals surface area contributed by atoms with Gasteiger partial charge in [-0.15, -0.1) is 0 Å². The fourth-order valence-electron chi connectivity index (χ4n) is 2.19. The van der Waals surface area contributed by atoms with E-state index in [2.05, 4.69) is 29.7 Å². The molecule has 3 heteroatoms. The van der Waals surface area contributed by atoms with Crippen molar-refractivity contribution in [1.82, 2.24) is 4.90 Å². The highest BCUT2D eigenvalue weighted by Gasteiger charge is 2.18. The Morgan fingerprint density at radius 3 is 2.44 bits per heavy atom. The first-order valence-electron chi connectivity index (χ1n) is 6.52. The first-order valence-corrected chi connectivity index (χ1v) is 6.52. The number of anilines is 1. The van der Waals surface area contributed by atoms with E-state index in [1.165, 1.54) is 11.6 Å². The average molecular weight is 248 g/mol. The number of hydrogen-bond donors (Lipinski definition) is 0. The minimum Gasteiger partial charge on any atom is -0.367 e. The molecule has 1 heterocycles. The zero-order valence-corrected chi connectivity index (χ0v) is 11.2. The zero-order chi connectivity index (χ0) is 13.0. The van der Waals surface area contributed by atoms with Crippen molar-refractivity contribution >= 4 is 5.69 Å². The Balaban J connectivity index is 1.91. The Morgan fingerprint density at radius 1 is 1.17 bits per heavy atom. The second-order valence-electron chi connectivity index (χ2n) is 5.02.